The molecular formula is C12H12O2. The van der Waals surface area contributed by atoms with Crippen LogP contribution in [-0.4, -0.2) is 6.29 Å². The molecule has 0 bridgehead atoms. The zero-order valence-corrected chi connectivity index (χ0v) is 8.12. The quantitative estimate of drug-likeness (QED) is 0.692. The second-order valence-electron chi connectivity index (χ2n) is 3.39. The molecule has 2 aromatic rings. The lowest BCUT2D eigenvalue weighted by Crippen LogP contribution is -1.80. The molecule has 0 unspecified atom stereocenters. The van der Waals surface area contributed by atoms with Crippen molar-refractivity contribution < 1.29 is 9.21 Å². The summed E-state index contributed by atoms with van der Waals surface area (Å²) in [7, 11) is 0. The van der Waals surface area contributed by atoms with Crippen LogP contribution in [0.5, 0.6) is 0 Å². The Morgan fingerprint density at radius 1 is 1.36 bits per heavy atom. The molecule has 0 saturated heterocycles. The van der Waals surface area contributed by atoms with Gasteiger partial charge in [-0.3, -0.25) is 4.79 Å². The van der Waals surface area contributed by atoms with Gasteiger partial charge < -0.3 is 4.42 Å². The molecule has 0 aliphatic rings. The molecule has 0 fully saturated rings. The van der Waals surface area contributed by atoms with Crippen LogP contribution in [0.2, 0.25) is 0 Å². The number of fused-ring (bicyclic) bond motifs is 1. The Kier molecular flexibility index (Phi) is 2.35. The lowest BCUT2D eigenvalue weighted by atomic mass is 10.1. The third kappa shape index (κ3) is 1.55. The number of rotatable bonds is 3. The number of carbonyl (C=O) groups is 1. The summed E-state index contributed by atoms with van der Waals surface area (Å²) in [6, 6.07) is 7.84. The Morgan fingerprint density at radius 2 is 2.21 bits per heavy atom. The van der Waals surface area contributed by atoms with Gasteiger partial charge in [0.1, 0.15) is 5.58 Å². The second kappa shape index (κ2) is 3.66. The first-order valence-electron chi connectivity index (χ1n) is 4.81. The number of benzene rings is 1. The molecular weight excluding hydrogens is 176 g/mol. The summed E-state index contributed by atoms with van der Waals surface area (Å²) in [4.78, 5) is 10.5. The van der Waals surface area contributed by atoms with Gasteiger partial charge in [-0.2, -0.15) is 0 Å². The van der Waals surface area contributed by atoms with Gasteiger partial charge in [0.05, 0.1) is 0 Å². The van der Waals surface area contributed by atoms with Gasteiger partial charge in [-0.25, -0.2) is 0 Å². The fourth-order valence-corrected chi connectivity index (χ4v) is 1.60. The molecule has 1 aromatic carbocycles. The van der Waals surface area contributed by atoms with E-state index in [0.29, 0.717) is 5.76 Å². The van der Waals surface area contributed by atoms with E-state index in [1.54, 1.807) is 6.07 Å². The van der Waals surface area contributed by atoms with Crippen LogP contribution in [0.1, 0.15) is 29.5 Å². The summed E-state index contributed by atoms with van der Waals surface area (Å²) in [6.07, 6.45) is 2.90. The van der Waals surface area contributed by atoms with E-state index in [9.17, 15) is 4.79 Å². The Morgan fingerprint density at radius 3 is 2.93 bits per heavy atom. The zero-order chi connectivity index (χ0) is 9.97. The van der Waals surface area contributed by atoms with E-state index in [0.717, 1.165) is 30.1 Å². The maximum atomic E-state index is 10.5. The third-order valence-corrected chi connectivity index (χ3v) is 2.26. The van der Waals surface area contributed by atoms with Crippen molar-refractivity contribution in [2.24, 2.45) is 0 Å². The van der Waals surface area contributed by atoms with Crippen LogP contribution in [0.25, 0.3) is 11.0 Å². The van der Waals surface area contributed by atoms with Gasteiger partial charge in [-0.15, -0.1) is 0 Å². The minimum absolute atomic E-state index is 0.397. The van der Waals surface area contributed by atoms with Crippen molar-refractivity contribution in [3.05, 3.63) is 35.6 Å². The fourth-order valence-electron chi connectivity index (χ4n) is 1.60. The van der Waals surface area contributed by atoms with Crippen molar-refractivity contribution >= 4 is 17.3 Å². The summed E-state index contributed by atoms with van der Waals surface area (Å²) < 4.78 is 5.34. The number of carbonyl (C=O) groups excluding carboxylic acids is 1. The number of hydrogen-bond acceptors (Lipinski definition) is 2. The van der Waals surface area contributed by atoms with E-state index in [4.69, 9.17) is 4.42 Å². The van der Waals surface area contributed by atoms with E-state index >= 15 is 0 Å². The average molecular weight is 188 g/mol. The predicted octanol–water partition coefficient (Wildman–Crippen LogP) is 3.20. The van der Waals surface area contributed by atoms with Crippen molar-refractivity contribution in [1.29, 1.82) is 0 Å². The van der Waals surface area contributed by atoms with E-state index in [-0.39, 0.29) is 0 Å². The molecule has 0 aliphatic heterocycles. The molecule has 0 spiro atoms. The van der Waals surface area contributed by atoms with Gasteiger partial charge >= 0.3 is 0 Å². The molecule has 2 rings (SSSR count). The number of aldehydes is 1. The lowest BCUT2D eigenvalue weighted by Gasteiger charge is -1.96. The van der Waals surface area contributed by atoms with Crippen molar-refractivity contribution in [2.75, 3.05) is 0 Å². The van der Waals surface area contributed by atoms with E-state index < -0.39 is 0 Å². The van der Waals surface area contributed by atoms with Crippen LogP contribution in [0, 0.1) is 0 Å². The normalized spacial score (nSPS) is 10.6. The lowest BCUT2D eigenvalue weighted by molar-refractivity contribution is 0.110. The topological polar surface area (TPSA) is 30.2 Å². The highest BCUT2D eigenvalue weighted by molar-refractivity contribution is 5.85. The molecule has 0 saturated carbocycles. The molecule has 1 aromatic heterocycles. The van der Waals surface area contributed by atoms with Gasteiger partial charge in [0.25, 0.3) is 0 Å². The Labute approximate surface area is 82.5 Å². The van der Waals surface area contributed by atoms with Gasteiger partial charge in [-0.05, 0) is 24.1 Å². The highest BCUT2D eigenvalue weighted by atomic mass is 16.3. The molecule has 2 heteroatoms. The monoisotopic (exact) mass is 188 g/mol. The highest BCUT2D eigenvalue weighted by Crippen LogP contribution is 2.20. The fraction of sp³-hybridized carbons (Fsp3) is 0.250. The maximum Gasteiger partial charge on any atom is 0.185 e. The van der Waals surface area contributed by atoms with Crippen LogP contribution < -0.4 is 0 Å². The molecule has 0 amide bonds. The van der Waals surface area contributed by atoms with Gasteiger partial charge in [0.15, 0.2) is 12.0 Å². The Hall–Kier alpha value is -1.57. The Bertz CT molecular complexity index is 454. The van der Waals surface area contributed by atoms with Crippen molar-refractivity contribution in [1.82, 2.24) is 0 Å². The summed E-state index contributed by atoms with van der Waals surface area (Å²) in [6.45, 7) is 2.14. The third-order valence-electron chi connectivity index (χ3n) is 2.26. The molecule has 72 valence electrons. The molecule has 1 heterocycles. The van der Waals surface area contributed by atoms with Crippen LogP contribution in [0.15, 0.2) is 28.7 Å². The van der Waals surface area contributed by atoms with Crippen molar-refractivity contribution in [2.45, 2.75) is 19.8 Å². The summed E-state index contributed by atoms with van der Waals surface area (Å²) >= 11 is 0. The standard InChI is InChI=1S/C12H12O2/c1-2-3-9-4-5-10-7-11(8-13)14-12(10)6-9/h4-8H,2-3H2,1H3. The SMILES string of the molecule is CCCc1ccc2cc(C=O)oc2c1. The van der Waals surface area contributed by atoms with Crippen molar-refractivity contribution in [3.8, 4) is 0 Å². The van der Waals surface area contributed by atoms with Crippen LogP contribution in [0.4, 0.5) is 0 Å². The van der Waals surface area contributed by atoms with Gasteiger partial charge in [0.2, 0.25) is 0 Å². The van der Waals surface area contributed by atoms with Crippen LogP contribution in [-0.2, 0) is 6.42 Å². The smallest absolute Gasteiger partial charge is 0.185 e. The minimum atomic E-state index is 0.397. The number of aryl methyl sites for hydroxylation is 1. The van der Waals surface area contributed by atoms with Gasteiger partial charge in [0, 0.05) is 5.39 Å². The van der Waals surface area contributed by atoms with E-state index in [1.165, 1.54) is 5.56 Å². The first kappa shape index (κ1) is 9.00. The number of furan rings is 1. The predicted molar refractivity (Wildman–Crippen MR) is 55.6 cm³/mol. The largest absolute Gasteiger partial charge is 0.453 e. The van der Waals surface area contributed by atoms with E-state index in [1.807, 2.05) is 12.1 Å². The van der Waals surface area contributed by atoms with Crippen LogP contribution >= 0.6 is 0 Å². The zero-order valence-electron chi connectivity index (χ0n) is 8.12. The molecule has 0 radical (unpaired) electrons. The molecule has 0 aliphatic carbocycles. The van der Waals surface area contributed by atoms with Crippen LogP contribution in [0.3, 0.4) is 0 Å². The summed E-state index contributed by atoms with van der Waals surface area (Å²) in [5.41, 5.74) is 2.06. The summed E-state index contributed by atoms with van der Waals surface area (Å²) in [5, 5.41) is 0.993. The minimum Gasteiger partial charge on any atom is -0.453 e. The van der Waals surface area contributed by atoms with E-state index in [2.05, 4.69) is 13.0 Å². The first-order valence-corrected chi connectivity index (χ1v) is 4.81. The maximum absolute atomic E-state index is 10.5. The van der Waals surface area contributed by atoms with Gasteiger partial charge in [-0.1, -0.05) is 25.5 Å². The summed E-state index contributed by atoms with van der Waals surface area (Å²) in [5.74, 6) is 0.397. The molecule has 0 N–H and O–H groups in total. The first-order chi connectivity index (χ1) is 6.83. The highest BCUT2D eigenvalue weighted by Gasteiger charge is 2.02. The second-order valence-corrected chi connectivity index (χ2v) is 3.39. The number of hydrogen-bond donors (Lipinski definition) is 0. The van der Waals surface area contributed by atoms with Crippen molar-refractivity contribution in [3.63, 3.8) is 0 Å². The molecule has 2 nitrogen and oxygen atoms in total. The molecule has 0 atom stereocenters. The Balaban J connectivity index is 2.48. The molecule has 14 heavy (non-hydrogen) atoms. The average Bonchev–Trinajstić information content (AvgIpc) is 2.60.